The molecule has 0 amide bonds. The number of hydrogen-bond donors (Lipinski definition) is 1. The summed E-state index contributed by atoms with van der Waals surface area (Å²) in [7, 11) is 0. The molecule has 0 spiro atoms. The fourth-order valence-electron chi connectivity index (χ4n) is 1.68. The number of rotatable bonds is 1. The minimum atomic E-state index is -4.96. The lowest BCUT2D eigenvalue weighted by Gasteiger charge is -2.14. The van der Waals surface area contributed by atoms with Crippen LogP contribution in [0.15, 0.2) is 27.8 Å². The summed E-state index contributed by atoms with van der Waals surface area (Å²) >= 11 is 17.4. The molecule has 118 valence electrons. The number of aromatic nitrogens is 2. The largest absolute Gasteiger partial charge is 0.433 e. The molecule has 1 aromatic heterocycles. The summed E-state index contributed by atoms with van der Waals surface area (Å²) in [5, 5.41) is -0.382. The highest BCUT2D eigenvalue weighted by molar-refractivity contribution is 6.48. The molecule has 11 heteroatoms. The third kappa shape index (κ3) is 2.69. The highest BCUT2D eigenvalue weighted by Gasteiger charge is 2.36. The molecule has 0 unspecified atom stereocenters. The van der Waals surface area contributed by atoms with Crippen molar-refractivity contribution in [3.8, 4) is 5.69 Å². The molecule has 0 aliphatic rings. The van der Waals surface area contributed by atoms with Crippen molar-refractivity contribution in [1.29, 1.82) is 0 Å². The molecule has 0 atom stereocenters. The maximum absolute atomic E-state index is 12.7. The van der Waals surface area contributed by atoms with Crippen LogP contribution in [0.25, 0.3) is 5.69 Å². The minimum Gasteiger partial charge on any atom is -0.335 e. The molecule has 0 aliphatic heterocycles. The Balaban J connectivity index is 2.86. The van der Waals surface area contributed by atoms with E-state index in [0.29, 0.717) is 4.57 Å². The zero-order valence-electron chi connectivity index (χ0n) is 10.3. The lowest BCUT2D eigenvalue weighted by molar-refractivity contribution is -0.143. The van der Waals surface area contributed by atoms with Crippen LogP contribution in [0.3, 0.4) is 0 Å². The van der Waals surface area contributed by atoms with Gasteiger partial charge >= 0.3 is 11.9 Å². The number of halogens is 6. The first-order valence-corrected chi connectivity index (χ1v) is 6.54. The van der Waals surface area contributed by atoms with Gasteiger partial charge in [0.25, 0.3) is 5.56 Å². The topological polar surface area (TPSA) is 70.0 Å². The van der Waals surface area contributed by atoms with Gasteiger partial charge in [-0.1, -0.05) is 34.8 Å². The van der Waals surface area contributed by atoms with Crippen LogP contribution in [0, 0.1) is 0 Å². The molecule has 2 rings (SSSR count). The molecule has 0 fully saturated rings. The zero-order chi connectivity index (χ0) is 16.8. The molecule has 2 aromatic rings. The molecule has 0 saturated heterocycles. The van der Waals surface area contributed by atoms with Gasteiger partial charge in [0.05, 0.1) is 20.8 Å². The minimum absolute atomic E-state index is 0.0449. The maximum atomic E-state index is 12.7. The monoisotopic (exact) mass is 373 g/mol. The number of nitrogens with zero attached hydrogens (tertiary/aromatic N) is 2. The Morgan fingerprint density at radius 3 is 2.18 bits per heavy atom. The van der Waals surface area contributed by atoms with Crippen molar-refractivity contribution in [2.45, 2.75) is 6.18 Å². The smallest absolute Gasteiger partial charge is 0.335 e. The van der Waals surface area contributed by atoms with Crippen molar-refractivity contribution in [3.05, 3.63) is 59.8 Å². The lowest BCUT2D eigenvalue weighted by atomic mass is 10.3. The number of nitrogen functional groups attached to an aromatic ring is 1. The van der Waals surface area contributed by atoms with E-state index >= 15 is 0 Å². The van der Waals surface area contributed by atoms with E-state index in [4.69, 9.17) is 40.6 Å². The van der Waals surface area contributed by atoms with Crippen LogP contribution in [-0.4, -0.2) is 9.24 Å². The van der Waals surface area contributed by atoms with Gasteiger partial charge in [0.15, 0.2) is 5.69 Å². The SMILES string of the molecule is Nn1c(C(F)(F)F)cc(=O)n(-c2ccc(Cl)c(Cl)c2Cl)c1=O. The van der Waals surface area contributed by atoms with Gasteiger partial charge in [-0.25, -0.2) is 14.0 Å². The van der Waals surface area contributed by atoms with Crippen molar-refractivity contribution in [2.24, 2.45) is 0 Å². The average Bonchev–Trinajstić information content (AvgIpc) is 2.41. The van der Waals surface area contributed by atoms with E-state index in [-0.39, 0.29) is 31.5 Å². The van der Waals surface area contributed by atoms with Gasteiger partial charge in [-0.05, 0) is 12.1 Å². The lowest BCUT2D eigenvalue weighted by Crippen LogP contribution is -2.45. The van der Waals surface area contributed by atoms with Gasteiger partial charge < -0.3 is 5.84 Å². The normalized spacial score (nSPS) is 11.7. The molecule has 1 aromatic carbocycles. The first kappa shape index (κ1) is 16.7. The van der Waals surface area contributed by atoms with Crippen LogP contribution in [0.5, 0.6) is 0 Å². The fraction of sp³-hybridized carbons (Fsp3) is 0.0909. The van der Waals surface area contributed by atoms with Crippen molar-refractivity contribution in [2.75, 3.05) is 5.84 Å². The van der Waals surface area contributed by atoms with E-state index < -0.39 is 23.1 Å². The molecule has 1 heterocycles. The first-order chi connectivity index (χ1) is 10.1. The van der Waals surface area contributed by atoms with Gasteiger partial charge in [0.1, 0.15) is 0 Å². The Morgan fingerprint density at radius 2 is 1.64 bits per heavy atom. The highest BCUT2D eigenvalue weighted by atomic mass is 35.5. The quantitative estimate of drug-likeness (QED) is 0.616. The molecule has 5 nitrogen and oxygen atoms in total. The maximum Gasteiger partial charge on any atom is 0.433 e. The summed E-state index contributed by atoms with van der Waals surface area (Å²) in [6.07, 6.45) is -4.96. The Bertz CT molecular complexity index is 874. The van der Waals surface area contributed by atoms with Gasteiger partial charge in [-0.3, -0.25) is 4.79 Å². The molecule has 2 N–H and O–H groups in total. The van der Waals surface area contributed by atoms with Crippen molar-refractivity contribution in [1.82, 2.24) is 9.24 Å². The summed E-state index contributed by atoms with van der Waals surface area (Å²) in [5.74, 6) is 5.12. The Kier molecular flexibility index (Phi) is 4.20. The molecular weight excluding hydrogens is 369 g/mol. The highest BCUT2D eigenvalue weighted by Crippen LogP contribution is 2.34. The Labute approximate surface area is 135 Å². The third-order valence-corrected chi connectivity index (χ3v) is 3.97. The number of hydrogen-bond acceptors (Lipinski definition) is 3. The second kappa shape index (κ2) is 5.53. The standard InChI is InChI=1S/C11H5Cl3F3N3O2/c12-4-1-2-5(9(14)8(4)13)19-7(21)3-6(11(15,16)17)20(18)10(19)22/h1-3H,18H2. The van der Waals surface area contributed by atoms with E-state index in [2.05, 4.69) is 0 Å². The van der Waals surface area contributed by atoms with E-state index in [1.807, 2.05) is 0 Å². The summed E-state index contributed by atoms with van der Waals surface area (Å²) in [6.45, 7) is 0. The number of benzene rings is 1. The van der Waals surface area contributed by atoms with E-state index in [1.54, 1.807) is 0 Å². The van der Waals surface area contributed by atoms with E-state index in [0.717, 1.165) is 6.07 Å². The number of nitrogens with two attached hydrogens (primary N) is 1. The molecular formula is C11H5Cl3F3N3O2. The summed E-state index contributed by atoms with van der Waals surface area (Å²) in [5.41, 5.74) is -4.52. The first-order valence-electron chi connectivity index (χ1n) is 5.41. The average molecular weight is 375 g/mol. The van der Waals surface area contributed by atoms with Crippen LogP contribution in [0.1, 0.15) is 5.69 Å². The predicted molar refractivity (Wildman–Crippen MR) is 76.5 cm³/mol. The Hall–Kier alpha value is -1.64. The summed E-state index contributed by atoms with van der Waals surface area (Å²) < 4.78 is 38.2. The van der Waals surface area contributed by atoms with Gasteiger partial charge in [0, 0.05) is 6.07 Å². The molecule has 22 heavy (non-hydrogen) atoms. The van der Waals surface area contributed by atoms with Crippen molar-refractivity contribution < 1.29 is 13.2 Å². The molecule has 0 bridgehead atoms. The van der Waals surface area contributed by atoms with Crippen LogP contribution >= 0.6 is 34.8 Å². The molecule has 0 aliphatic carbocycles. The second-order valence-electron chi connectivity index (χ2n) is 4.05. The van der Waals surface area contributed by atoms with Gasteiger partial charge in [-0.15, -0.1) is 0 Å². The van der Waals surface area contributed by atoms with Gasteiger partial charge in [-0.2, -0.15) is 13.2 Å². The second-order valence-corrected chi connectivity index (χ2v) is 5.21. The third-order valence-electron chi connectivity index (χ3n) is 2.68. The van der Waals surface area contributed by atoms with E-state index in [1.165, 1.54) is 6.07 Å². The van der Waals surface area contributed by atoms with Crippen molar-refractivity contribution in [3.63, 3.8) is 0 Å². The molecule has 0 saturated carbocycles. The van der Waals surface area contributed by atoms with Gasteiger partial charge in [0.2, 0.25) is 0 Å². The summed E-state index contributed by atoms with van der Waals surface area (Å²) in [6, 6.07) is 2.57. The van der Waals surface area contributed by atoms with Crippen LogP contribution in [0.4, 0.5) is 13.2 Å². The zero-order valence-corrected chi connectivity index (χ0v) is 12.6. The van der Waals surface area contributed by atoms with E-state index in [9.17, 15) is 22.8 Å². The number of alkyl halides is 3. The molecule has 0 radical (unpaired) electrons. The van der Waals surface area contributed by atoms with Crippen LogP contribution < -0.4 is 17.1 Å². The van der Waals surface area contributed by atoms with Crippen molar-refractivity contribution >= 4 is 34.8 Å². The fourth-order valence-corrected chi connectivity index (χ4v) is 2.30. The predicted octanol–water partition coefficient (Wildman–Crippen LogP) is 2.69. The van der Waals surface area contributed by atoms with Crippen LogP contribution in [-0.2, 0) is 6.18 Å². The summed E-state index contributed by atoms with van der Waals surface area (Å²) in [4.78, 5) is 23.8. The Morgan fingerprint density at radius 1 is 1.05 bits per heavy atom. The van der Waals surface area contributed by atoms with Crippen LogP contribution in [0.2, 0.25) is 15.1 Å².